The third-order valence-electron chi connectivity index (χ3n) is 2.02. The number of hydrogen-bond acceptors (Lipinski definition) is 6. The number of carbonyl (C=O) groups excluding carboxylic acids is 4. The molecule has 0 fully saturated rings. The minimum absolute atomic E-state index is 0.0253. The topological polar surface area (TPSA) is 90.0 Å². The van der Waals surface area contributed by atoms with Crippen LogP contribution in [0.1, 0.15) is 0 Å². The van der Waals surface area contributed by atoms with Crippen LogP contribution in [-0.4, -0.2) is 48.9 Å². The lowest BCUT2D eigenvalue weighted by atomic mass is 10.5. The molecule has 96 valence electrons. The van der Waals surface area contributed by atoms with Crippen molar-refractivity contribution in [1.82, 2.24) is 4.90 Å². The maximum Gasteiger partial charge on any atom is 0.331 e. The van der Waals surface area contributed by atoms with Gasteiger partial charge < -0.3 is 9.47 Å². The average Bonchev–Trinajstić information content (AvgIpc) is 2.67. The molecule has 18 heavy (non-hydrogen) atoms. The van der Waals surface area contributed by atoms with Gasteiger partial charge in [-0.2, -0.15) is 0 Å². The predicted molar refractivity (Wildman–Crippen MR) is 58.0 cm³/mol. The minimum atomic E-state index is -0.757. The first kappa shape index (κ1) is 13.6. The number of hydrogen-bond donors (Lipinski definition) is 0. The van der Waals surface area contributed by atoms with Crippen LogP contribution in [0, 0.1) is 0 Å². The van der Waals surface area contributed by atoms with Gasteiger partial charge in [0.25, 0.3) is 11.8 Å². The zero-order chi connectivity index (χ0) is 13.5. The maximum absolute atomic E-state index is 11.1. The van der Waals surface area contributed by atoms with E-state index in [4.69, 9.17) is 0 Å². The minimum Gasteiger partial charge on any atom is -0.466 e. The van der Waals surface area contributed by atoms with E-state index >= 15 is 0 Å². The van der Waals surface area contributed by atoms with E-state index in [0.717, 1.165) is 29.2 Å². The molecule has 0 N–H and O–H groups in total. The van der Waals surface area contributed by atoms with Crippen LogP contribution >= 0.6 is 0 Å². The molecule has 1 rings (SSSR count). The third-order valence-corrected chi connectivity index (χ3v) is 2.02. The number of amides is 2. The molecule has 1 aliphatic heterocycles. The summed E-state index contributed by atoms with van der Waals surface area (Å²) in [4.78, 5) is 44.9. The highest BCUT2D eigenvalue weighted by atomic mass is 16.5. The lowest BCUT2D eigenvalue weighted by Crippen LogP contribution is -2.33. The van der Waals surface area contributed by atoms with Crippen LogP contribution in [0.3, 0.4) is 0 Å². The van der Waals surface area contributed by atoms with Crippen molar-refractivity contribution in [2.24, 2.45) is 0 Å². The van der Waals surface area contributed by atoms with Crippen molar-refractivity contribution >= 4 is 23.8 Å². The molecular weight excluding hydrogens is 242 g/mol. The van der Waals surface area contributed by atoms with Gasteiger partial charge in [-0.1, -0.05) is 0 Å². The largest absolute Gasteiger partial charge is 0.466 e. The van der Waals surface area contributed by atoms with Crippen molar-refractivity contribution < 1.29 is 28.7 Å². The molecule has 7 heteroatoms. The Balaban J connectivity index is 2.28. The van der Waals surface area contributed by atoms with Gasteiger partial charge in [-0.3, -0.25) is 14.5 Å². The number of carbonyl (C=O) groups is 4. The molecule has 0 radical (unpaired) electrons. The Labute approximate surface area is 103 Å². The monoisotopic (exact) mass is 253 g/mol. The molecule has 0 aromatic heterocycles. The Bertz CT molecular complexity index is 419. The predicted octanol–water partition coefficient (Wildman–Crippen LogP) is -0.816. The van der Waals surface area contributed by atoms with E-state index in [1.54, 1.807) is 0 Å². The molecule has 0 saturated carbocycles. The SMILES string of the molecule is COC(=O)/C=C/C(=O)OCCN1C(=O)C=CC1=O. The summed E-state index contributed by atoms with van der Waals surface area (Å²) in [5.74, 6) is -2.32. The first-order valence-corrected chi connectivity index (χ1v) is 5.01. The van der Waals surface area contributed by atoms with Crippen LogP contribution in [0.25, 0.3) is 0 Å². The lowest BCUT2D eigenvalue weighted by molar-refractivity contribution is -0.143. The summed E-state index contributed by atoms with van der Waals surface area (Å²) < 4.78 is 8.96. The molecule has 0 aliphatic carbocycles. The summed E-state index contributed by atoms with van der Waals surface area (Å²) >= 11 is 0. The van der Waals surface area contributed by atoms with Crippen LogP contribution < -0.4 is 0 Å². The zero-order valence-electron chi connectivity index (χ0n) is 9.62. The van der Waals surface area contributed by atoms with Gasteiger partial charge in [0, 0.05) is 24.3 Å². The van der Waals surface area contributed by atoms with Crippen molar-refractivity contribution in [2.75, 3.05) is 20.3 Å². The Morgan fingerprint density at radius 3 is 2.28 bits per heavy atom. The molecule has 0 saturated heterocycles. The number of esters is 2. The van der Waals surface area contributed by atoms with Crippen molar-refractivity contribution in [3.05, 3.63) is 24.3 Å². The number of imide groups is 1. The van der Waals surface area contributed by atoms with Gasteiger partial charge in [0.1, 0.15) is 6.61 Å². The molecule has 1 heterocycles. The fourth-order valence-electron chi connectivity index (χ4n) is 1.14. The Morgan fingerprint density at radius 2 is 1.72 bits per heavy atom. The Hall–Kier alpha value is -2.44. The standard InChI is InChI=1S/C11H11NO6/c1-17-10(15)4-5-11(16)18-7-6-12-8(13)2-3-9(12)14/h2-5H,6-7H2,1H3/b5-4+. The number of ether oxygens (including phenoxy) is 2. The lowest BCUT2D eigenvalue weighted by Gasteiger charge is -2.12. The molecule has 0 aromatic carbocycles. The third kappa shape index (κ3) is 3.85. The van der Waals surface area contributed by atoms with Crippen LogP contribution in [0.5, 0.6) is 0 Å². The summed E-state index contributed by atoms with van der Waals surface area (Å²) in [6, 6.07) is 0. The second-order valence-electron chi connectivity index (χ2n) is 3.19. The first-order valence-electron chi connectivity index (χ1n) is 5.01. The Morgan fingerprint density at radius 1 is 1.17 bits per heavy atom. The van der Waals surface area contributed by atoms with Crippen molar-refractivity contribution in [2.45, 2.75) is 0 Å². The molecule has 0 atom stereocenters. The van der Waals surface area contributed by atoms with E-state index in [1.807, 2.05) is 0 Å². The molecule has 0 spiro atoms. The normalized spacial score (nSPS) is 14.4. The molecule has 0 aromatic rings. The van der Waals surface area contributed by atoms with Crippen LogP contribution in [0.15, 0.2) is 24.3 Å². The van der Waals surface area contributed by atoms with Gasteiger partial charge in [0.15, 0.2) is 0 Å². The highest BCUT2D eigenvalue weighted by molar-refractivity contribution is 6.12. The van der Waals surface area contributed by atoms with Crippen molar-refractivity contribution in [1.29, 1.82) is 0 Å². The van der Waals surface area contributed by atoms with Crippen molar-refractivity contribution in [3.8, 4) is 0 Å². The average molecular weight is 253 g/mol. The van der Waals surface area contributed by atoms with Gasteiger partial charge in [-0.25, -0.2) is 9.59 Å². The summed E-state index contributed by atoms with van der Waals surface area (Å²) in [5, 5.41) is 0. The number of rotatable bonds is 5. The molecule has 0 unspecified atom stereocenters. The molecule has 1 aliphatic rings. The van der Waals surface area contributed by atoms with Crippen molar-refractivity contribution in [3.63, 3.8) is 0 Å². The highest BCUT2D eigenvalue weighted by Gasteiger charge is 2.22. The molecule has 0 bridgehead atoms. The van der Waals surface area contributed by atoms with E-state index in [9.17, 15) is 19.2 Å². The number of methoxy groups -OCH3 is 1. The quantitative estimate of drug-likeness (QED) is 0.361. The highest BCUT2D eigenvalue weighted by Crippen LogP contribution is 2.02. The smallest absolute Gasteiger partial charge is 0.331 e. The van der Waals surface area contributed by atoms with E-state index < -0.39 is 23.8 Å². The first-order chi connectivity index (χ1) is 8.54. The maximum atomic E-state index is 11.1. The van der Waals surface area contributed by atoms with Crippen LogP contribution in [0.4, 0.5) is 0 Å². The summed E-state index contributed by atoms with van der Waals surface area (Å²) in [6.07, 6.45) is 4.09. The van der Waals surface area contributed by atoms with Gasteiger partial charge in [-0.15, -0.1) is 0 Å². The fraction of sp³-hybridized carbons (Fsp3) is 0.273. The summed E-state index contributed by atoms with van der Waals surface area (Å²) in [7, 11) is 1.18. The zero-order valence-corrected chi connectivity index (χ0v) is 9.62. The van der Waals surface area contributed by atoms with E-state index in [1.165, 1.54) is 7.11 Å². The molecule has 2 amide bonds. The fourth-order valence-corrected chi connectivity index (χ4v) is 1.14. The van der Waals surface area contributed by atoms with E-state index in [2.05, 4.69) is 9.47 Å². The van der Waals surface area contributed by atoms with Crippen LogP contribution in [0.2, 0.25) is 0 Å². The van der Waals surface area contributed by atoms with Gasteiger partial charge in [0.05, 0.1) is 13.7 Å². The summed E-state index contributed by atoms with van der Waals surface area (Å²) in [6.45, 7) is -0.161. The van der Waals surface area contributed by atoms with E-state index in [0.29, 0.717) is 0 Å². The van der Waals surface area contributed by atoms with E-state index in [-0.39, 0.29) is 13.2 Å². The molecule has 7 nitrogen and oxygen atoms in total. The molecular formula is C11H11NO6. The second-order valence-corrected chi connectivity index (χ2v) is 3.19. The second kappa shape index (κ2) is 6.33. The van der Waals surface area contributed by atoms with Gasteiger partial charge >= 0.3 is 11.9 Å². The van der Waals surface area contributed by atoms with Crippen LogP contribution in [-0.2, 0) is 28.7 Å². The summed E-state index contributed by atoms with van der Waals surface area (Å²) in [5.41, 5.74) is 0. The Kier molecular flexibility index (Phi) is 4.79. The van der Waals surface area contributed by atoms with Gasteiger partial charge in [-0.05, 0) is 0 Å². The van der Waals surface area contributed by atoms with Gasteiger partial charge in [0.2, 0.25) is 0 Å². The number of nitrogens with zero attached hydrogens (tertiary/aromatic N) is 1.